The molecule has 2 nitrogen and oxygen atoms in total. The second kappa shape index (κ2) is 16.5. The molecule has 0 unspecified atom stereocenters. The number of methoxy groups -OCH3 is 1. The first-order valence-corrected chi connectivity index (χ1v) is 25.6. The van der Waals surface area contributed by atoms with Crippen LogP contribution < -0.4 is 10.4 Å². The van der Waals surface area contributed by atoms with Gasteiger partial charge < -0.3 is 0 Å². The molecule has 2 rings (SSSR count). The Morgan fingerprint density at radius 1 is 0.795 bits per heavy atom. The van der Waals surface area contributed by atoms with Crippen LogP contribution in [0, 0.1) is 0 Å². The van der Waals surface area contributed by atoms with E-state index in [1.54, 1.807) is 0 Å². The number of benzene rings is 2. The Bertz CT molecular complexity index is 892. The van der Waals surface area contributed by atoms with Crippen LogP contribution in [0.4, 0.5) is 0 Å². The molecule has 2 aromatic carbocycles. The fourth-order valence-electron chi connectivity index (χ4n) is 6.60. The van der Waals surface area contributed by atoms with Crippen LogP contribution >= 0.6 is 0 Å². The van der Waals surface area contributed by atoms with E-state index in [2.05, 4.69) is 109 Å². The molecule has 0 aromatic heterocycles. The molecule has 0 N–H and O–H groups in total. The molecule has 0 aliphatic heterocycles. The molecular weight excluding hydrogens is 599 g/mol. The molecule has 218 valence electrons. The predicted octanol–water partition coefficient (Wildman–Crippen LogP) is 9.37. The molecule has 0 radical (unpaired) electrons. The maximum atomic E-state index is 7.48. The zero-order valence-corrected chi connectivity index (χ0v) is 30.4. The van der Waals surface area contributed by atoms with Gasteiger partial charge >= 0.3 is 248 Å². The summed E-state index contributed by atoms with van der Waals surface area (Å²) in [5.41, 5.74) is 1.29. The maximum absolute atomic E-state index is 7.48. The summed E-state index contributed by atoms with van der Waals surface area (Å²) in [6, 6.07) is 21.9. The molecule has 0 saturated carbocycles. The molecule has 0 heterocycles. The van der Waals surface area contributed by atoms with Gasteiger partial charge in [-0.25, -0.2) is 0 Å². The summed E-state index contributed by atoms with van der Waals surface area (Å²) in [6.45, 7) is 21.1. The van der Waals surface area contributed by atoms with Crippen molar-refractivity contribution in [2.24, 2.45) is 0 Å². The van der Waals surface area contributed by atoms with E-state index in [1.807, 2.05) is 7.11 Å². The minimum atomic E-state index is -2.66. The number of unbranched alkanes of at least 4 members (excludes halogenated alkanes) is 3. The number of rotatable bonds is 18. The Kier molecular flexibility index (Phi) is 14.5. The molecule has 0 saturated heterocycles. The zero-order valence-electron chi connectivity index (χ0n) is 26.5. The van der Waals surface area contributed by atoms with Crippen LogP contribution in [-0.4, -0.2) is 46.0 Å². The predicted molar refractivity (Wildman–Crippen MR) is 178 cm³/mol. The average molecular weight is 658 g/mol. The molecule has 2 aromatic rings. The summed E-state index contributed by atoms with van der Waals surface area (Å²) in [6.07, 6.45) is 7.85. The van der Waals surface area contributed by atoms with Gasteiger partial charge in [-0.15, -0.1) is 0 Å². The van der Waals surface area contributed by atoms with Crippen molar-refractivity contribution in [3.8, 4) is 0 Å². The van der Waals surface area contributed by atoms with Gasteiger partial charge in [0.25, 0.3) is 0 Å². The Balaban J connectivity index is 2.48. The van der Waals surface area contributed by atoms with Gasteiger partial charge in [0.2, 0.25) is 0 Å². The summed E-state index contributed by atoms with van der Waals surface area (Å²) in [5.74, 6) is 0. The van der Waals surface area contributed by atoms with Crippen LogP contribution in [0.1, 0.15) is 87.0 Å². The molecular formula is C35H58O2SiSn. The quantitative estimate of drug-likeness (QED) is 0.118. The van der Waals surface area contributed by atoms with Crippen molar-refractivity contribution in [1.29, 1.82) is 0 Å². The van der Waals surface area contributed by atoms with Crippen molar-refractivity contribution >= 4 is 37.1 Å². The van der Waals surface area contributed by atoms with Gasteiger partial charge in [0.1, 0.15) is 0 Å². The standard InChI is InChI=1S/C23H31O2Si.3C4H9.Sn/c1-18(2)22(24-7)19(3)25-26(23(4,5)6,20-14-10-8-11-15-20)21-16-12-9-13-17-21;3*1-3-4-2;/h8-17,19,22H,1-2H2,3-7H3;3*1,3-4H2,2H3;/t19-,22+;;;;/m0..../s1. The zero-order chi connectivity index (χ0) is 28.9. The second-order valence-electron chi connectivity index (χ2n) is 12.8. The van der Waals surface area contributed by atoms with E-state index < -0.39 is 26.7 Å². The Hall–Kier alpha value is -0.884. The summed E-state index contributed by atoms with van der Waals surface area (Å²) in [4.78, 5) is 0. The van der Waals surface area contributed by atoms with E-state index in [0.29, 0.717) is 0 Å². The minimum absolute atomic E-state index is 0.0596. The topological polar surface area (TPSA) is 18.5 Å². The van der Waals surface area contributed by atoms with E-state index in [4.69, 9.17) is 15.7 Å². The first-order chi connectivity index (χ1) is 18.6. The van der Waals surface area contributed by atoms with Gasteiger partial charge in [0.15, 0.2) is 0 Å². The fraction of sp³-hybridized carbons (Fsp3) is 0.600. The van der Waals surface area contributed by atoms with Gasteiger partial charge in [0, 0.05) is 0 Å². The Labute approximate surface area is 247 Å². The third-order valence-electron chi connectivity index (χ3n) is 8.65. The van der Waals surface area contributed by atoms with Crippen LogP contribution in [-0.2, 0) is 9.16 Å². The normalized spacial score (nSPS) is 14.3. The Morgan fingerprint density at radius 3 is 1.54 bits per heavy atom. The van der Waals surface area contributed by atoms with Crippen LogP contribution in [0.25, 0.3) is 0 Å². The van der Waals surface area contributed by atoms with Crippen LogP contribution in [0.15, 0.2) is 72.8 Å². The fourth-order valence-corrected chi connectivity index (χ4v) is 27.7. The van der Waals surface area contributed by atoms with E-state index in [9.17, 15) is 0 Å². The molecule has 0 bridgehead atoms. The molecule has 2 atom stereocenters. The van der Waals surface area contributed by atoms with Gasteiger partial charge in [-0.1, -0.05) is 0 Å². The van der Waals surface area contributed by atoms with E-state index in [-0.39, 0.29) is 17.2 Å². The molecule has 0 amide bonds. The van der Waals surface area contributed by atoms with Crippen molar-refractivity contribution in [2.45, 2.75) is 122 Å². The summed E-state index contributed by atoms with van der Waals surface area (Å²) < 4.78 is 19.5. The second-order valence-corrected chi connectivity index (χ2v) is 30.9. The molecule has 4 heteroatoms. The van der Waals surface area contributed by atoms with Crippen molar-refractivity contribution in [2.75, 3.05) is 7.11 Å². The molecule has 0 aliphatic carbocycles. The van der Waals surface area contributed by atoms with Crippen molar-refractivity contribution in [3.63, 3.8) is 0 Å². The van der Waals surface area contributed by atoms with Crippen LogP contribution in [0.3, 0.4) is 0 Å². The van der Waals surface area contributed by atoms with Gasteiger partial charge in [0.05, 0.1) is 0 Å². The number of hydrogen-bond donors (Lipinski definition) is 0. The monoisotopic (exact) mass is 658 g/mol. The summed E-state index contributed by atoms with van der Waals surface area (Å²) in [5, 5.41) is 2.58. The molecule has 0 aliphatic rings. The molecule has 39 heavy (non-hydrogen) atoms. The van der Waals surface area contributed by atoms with Crippen molar-refractivity contribution < 1.29 is 9.16 Å². The molecule has 0 fully saturated rings. The van der Waals surface area contributed by atoms with Gasteiger partial charge in [-0.3, -0.25) is 0 Å². The number of ether oxygens (including phenoxy) is 1. The SMILES string of the molecule is C=C([CH2][Sn]([CH2]CCC)([CH2]CCC)[CH2]CCC)[C@@H](OC)[C@H](C)O[Si](c1ccccc1)(c1ccccc1)C(C)(C)C. The van der Waals surface area contributed by atoms with Gasteiger partial charge in [-0.2, -0.15) is 0 Å². The van der Waals surface area contributed by atoms with E-state index >= 15 is 0 Å². The Morgan fingerprint density at radius 2 is 1.21 bits per heavy atom. The average Bonchev–Trinajstić information content (AvgIpc) is 2.93. The summed E-state index contributed by atoms with van der Waals surface area (Å²) >= 11 is -2.42. The first kappa shape index (κ1) is 34.3. The number of hydrogen-bond acceptors (Lipinski definition) is 2. The van der Waals surface area contributed by atoms with Crippen LogP contribution in [0.2, 0.25) is 22.8 Å². The third kappa shape index (κ3) is 9.05. The van der Waals surface area contributed by atoms with Gasteiger partial charge in [-0.05, 0) is 0 Å². The molecule has 0 spiro atoms. The van der Waals surface area contributed by atoms with Crippen molar-refractivity contribution in [1.82, 2.24) is 0 Å². The first-order valence-electron chi connectivity index (χ1n) is 15.6. The van der Waals surface area contributed by atoms with Crippen LogP contribution in [0.5, 0.6) is 0 Å². The summed E-state index contributed by atoms with van der Waals surface area (Å²) in [7, 11) is -0.799. The third-order valence-corrected chi connectivity index (χ3v) is 29.3. The van der Waals surface area contributed by atoms with E-state index in [1.165, 1.54) is 72.2 Å². The van der Waals surface area contributed by atoms with E-state index in [0.717, 1.165) is 0 Å². The van der Waals surface area contributed by atoms with Crippen molar-refractivity contribution in [3.05, 3.63) is 72.8 Å².